The molecule has 0 spiro atoms. The van der Waals surface area contributed by atoms with Crippen LogP contribution in [0.1, 0.15) is 6.92 Å². The van der Waals surface area contributed by atoms with E-state index >= 15 is 0 Å². The molecule has 1 aromatic carbocycles. The molecular weight excluding hydrogens is 190 g/mol. The van der Waals surface area contributed by atoms with Crippen molar-refractivity contribution < 1.29 is 9.53 Å². The molecule has 70 valence electrons. The Kier molecular flexibility index (Phi) is 3.14. The summed E-state index contributed by atoms with van der Waals surface area (Å²) in [6, 6.07) is 6.73. The molecule has 0 aliphatic rings. The van der Waals surface area contributed by atoms with Gasteiger partial charge in [-0.25, -0.2) is 0 Å². The van der Waals surface area contributed by atoms with Crippen molar-refractivity contribution in [2.75, 3.05) is 0 Å². The number of amides is 1. The smallest absolute Gasteiger partial charge is 0.258 e. The summed E-state index contributed by atoms with van der Waals surface area (Å²) in [6.45, 7) is 1.59. The number of hydrogen-bond acceptors (Lipinski definition) is 2. The molecule has 0 aliphatic carbocycles. The summed E-state index contributed by atoms with van der Waals surface area (Å²) in [5, 5.41) is 0.624. The molecule has 1 amide bonds. The largest absolute Gasteiger partial charge is 0.481 e. The molecule has 0 aromatic heterocycles. The van der Waals surface area contributed by atoms with Crippen LogP contribution in [0.2, 0.25) is 5.02 Å². The number of carbonyl (C=O) groups is 1. The lowest BCUT2D eigenvalue weighted by molar-refractivity contribution is -0.123. The van der Waals surface area contributed by atoms with Crippen LogP contribution >= 0.6 is 11.6 Å². The van der Waals surface area contributed by atoms with Crippen LogP contribution in [0.25, 0.3) is 0 Å². The van der Waals surface area contributed by atoms with E-state index in [1.165, 1.54) is 0 Å². The lowest BCUT2D eigenvalue weighted by atomic mass is 10.3. The molecule has 1 aromatic rings. The molecule has 0 saturated carbocycles. The van der Waals surface area contributed by atoms with E-state index < -0.39 is 12.0 Å². The van der Waals surface area contributed by atoms with Crippen molar-refractivity contribution in [1.82, 2.24) is 0 Å². The van der Waals surface area contributed by atoms with Crippen LogP contribution in [-0.2, 0) is 4.79 Å². The molecule has 0 fully saturated rings. The number of ether oxygens (including phenoxy) is 1. The molecule has 3 nitrogen and oxygen atoms in total. The summed E-state index contributed by atoms with van der Waals surface area (Å²) in [6.07, 6.45) is -0.624. The normalized spacial score (nSPS) is 12.2. The zero-order chi connectivity index (χ0) is 9.84. The Labute approximate surface area is 81.4 Å². The Morgan fingerprint density at radius 2 is 2.00 bits per heavy atom. The monoisotopic (exact) mass is 199 g/mol. The summed E-state index contributed by atoms with van der Waals surface area (Å²) in [7, 11) is 0. The minimum atomic E-state index is -0.624. The number of hydrogen-bond donors (Lipinski definition) is 1. The lowest BCUT2D eigenvalue weighted by Gasteiger charge is -2.10. The van der Waals surface area contributed by atoms with Crippen LogP contribution in [0.3, 0.4) is 0 Å². The number of halogens is 1. The zero-order valence-corrected chi connectivity index (χ0v) is 7.91. The van der Waals surface area contributed by atoms with Gasteiger partial charge in [-0.1, -0.05) is 11.6 Å². The Balaban J connectivity index is 2.64. The number of nitrogens with two attached hydrogens (primary N) is 1. The highest BCUT2D eigenvalue weighted by atomic mass is 35.5. The van der Waals surface area contributed by atoms with Gasteiger partial charge in [0.25, 0.3) is 5.91 Å². The second kappa shape index (κ2) is 4.14. The Hall–Kier alpha value is -1.22. The topological polar surface area (TPSA) is 52.3 Å². The third kappa shape index (κ3) is 2.95. The van der Waals surface area contributed by atoms with Crippen molar-refractivity contribution in [3.05, 3.63) is 29.3 Å². The number of rotatable bonds is 3. The molecule has 13 heavy (non-hydrogen) atoms. The van der Waals surface area contributed by atoms with Crippen molar-refractivity contribution >= 4 is 17.5 Å². The number of carbonyl (C=O) groups excluding carboxylic acids is 1. The predicted octanol–water partition coefficient (Wildman–Crippen LogP) is 1.59. The van der Waals surface area contributed by atoms with Crippen LogP contribution in [0.5, 0.6) is 5.75 Å². The Bertz CT molecular complexity index is 297. The van der Waals surface area contributed by atoms with E-state index in [0.29, 0.717) is 10.8 Å². The van der Waals surface area contributed by atoms with E-state index in [0.717, 1.165) is 0 Å². The van der Waals surface area contributed by atoms with Crippen molar-refractivity contribution in [3.8, 4) is 5.75 Å². The van der Waals surface area contributed by atoms with Gasteiger partial charge in [-0.05, 0) is 31.2 Å². The first-order valence-corrected chi connectivity index (χ1v) is 4.19. The van der Waals surface area contributed by atoms with Gasteiger partial charge in [0.2, 0.25) is 0 Å². The van der Waals surface area contributed by atoms with E-state index in [2.05, 4.69) is 0 Å². The first kappa shape index (κ1) is 9.86. The van der Waals surface area contributed by atoms with Gasteiger partial charge >= 0.3 is 0 Å². The van der Waals surface area contributed by atoms with Gasteiger partial charge in [0.15, 0.2) is 6.10 Å². The van der Waals surface area contributed by atoms with Crippen molar-refractivity contribution in [2.45, 2.75) is 13.0 Å². The van der Waals surface area contributed by atoms with Gasteiger partial charge in [-0.3, -0.25) is 4.79 Å². The third-order valence-electron chi connectivity index (χ3n) is 1.53. The summed E-state index contributed by atoms with van der Waals surface area (Å²) in [4.78, 5) is 10.6. The van der Waals surface area contributed by atoms with Gasteiger partial charge in [-0.2, -0.15) is 0 Å². The SMILES string of the molecule is CC(Oc1ccc(Cl)cc1)C(N)=O. The molecule has 0 heterocycles. The van der Waals surface area contributed by atoms with Crippen LogP contribution in [0.4, 0.5) is 0 Å². The highest BCUT2D eigenvalue weighted by Crippen LogP contribution is 2.16. The summed E-state index contributed by atoms with van der Waals surface area (Å²) >= 11 is 5.66. The fourth-order valence-electron chi connectivity index (χ4n) is 0.775. The van der Waals surface area contributed by atoms with E-state index in [-0.39, 0.29) is 0 Å². The fourth-order valence-corrected chi connectivity index (χ4v) is 0.901. The maximum Gasteiger partial charge on any atom is 0.258 e. The molecular formula is C9H10ClNO2. The first-order valence-electron chi connectivity index (χ1n) is 3.81. The molecule has 0 aliphatic heterocycles. The average molecular weight is 200 g/mol. The molecule has 1 atom stereocenters. The minimum Gasteiger partial charge on any atom is -0.481 e. The fraction of sp³-hybridized carbons (Fsp3) is 0.222. The van der Waals surface area contributed by atoms with Crippen LogP contribution < -0.4 is 10.5 Å². The standard InChI is InChI=1S/C9H10ClNO2/c1-6(9(11)12)13-8-4-2-7(10)3-5-8/h2-6H,1H3,(H2,11,12). The summed E-state index contributed by atoms with van der Waals surface area (Å²) < 4.78 is 5.20. The third-order valence-corrected chi connectivity index (χ3v) is 1.78. The van der Waals surface area contributed by atoms with Gasteiger partial charge in [-0.15, -0.1) is 0 Å². The molecule has 0 saturated heterocycles. The second-order valence-electron chi connectivity index (χ2n) is 2.62. The predicted molar refractivity (Wildman–Crippen MR) is 50.7 cm³/mol. The highest BCUT2D eigenvalue weighted by molar-refractivity contribution is 6.30. The van der Waals surface area contributed by atoms with E-state index in [9.17, 15) is 4.79 Å². The molecule has 4 heteroatoms. The quantitative estimate of drug-likeness (QED) is 0.804. The minimum absolute atomic E-state index is 0.491. The van der Waals surface area contributed by atoms with Crippen LogP contribution in [0.15, 0.2) is 24.3 Å². The van der Waals surface area contributed by atoms with Gasteiger partial charge < -0.3 is 10.5 Å². The second-order valence-corrected chi connectivity index (χ2v) is 3.05. The molecule has 0 radical (unpaired) electrons. The highest BCUT2D eigenvalue weighted by Gasteiger charge is 2.09. The maximum atomic E-state index is 10.6. The van der Waals surface area contributed by atoms with Crippen LogP contribution in [0, 0.1) is 0 Å². The van der Waals surface area contributed by atoms with Crippen molar-refractivity contribution in [3.63, 3.8) is 0 Å². The number of primary amides is 1. The molecule has 1 unspecified atom stereocenters. The number of benzene rings is 1. The molecule has 2 N–H and O–H groups in total. The van der Waals surface area contributed by atoms with Gasteiger partial charge in [0, 0.05) is 5.02 Å². The van der Waals surface area contributed by atoms with Gasteiger partial charge in [0.1, 0.15) is 5.75 Å². The average Bonchev–Trinajstić information content (AvgIpc) is 2.08. The lowest BCUT2D eigenvalue weighted by Crippen LogP contribution is -2.30. The van der Waals surface area contributed by atoms with Crippen molar-refractivity contribution in [1.29, 1.82) is 0 Å². The van der Waals surface area contributed by atoms with E-state index in [1.54, 1.807) is 31.2 Å². The Morgan fingerprint density at radius 1 is 1.46 bits per heavy atom. The molecule has 1 rings (SSSR count). The van der Waals surface area contributed by atoms with E-state index in [1.807, 2.05) is 0 Å². The van der Waals surface area contributed by atoms with Gasteiger partial charge in [0.05, 0.1) is 0 Å². The zero-order valence-electron chi connectivity index (χ0n) is 7.16. The Morgan fingerprint density at radius 3 is 2.46 bits per heavy atom. The van der Waals surface area contributed by atoms with Crippen molar-refractivity contribution in [2.24, 2.45) is 5.73 Å². The summed E-state index contributed by atoms with van der Waals surface area (Å²) in [5.41, 5.74) is 5.02. The first-order chi connectivity index (χ1) is 6.09. The van der Waals surface area contributed by atoms with Crippen LogP contribution in [-0.4, -0.2) is 12.0 Å². The maximum absolute atomic E-state index is 10.6. The molecule has 0 bridgehead atoms. The summed E-state index contributed by atoms with van der Waals surface area (Å²) in [5.74, 6) is 0.0886. The van der Waals surface area contributed by atoms with E-state index in [4.69, 9.17) is 22.1 Å².